The highest BCUT2D eigenvalue weighted by Crippen LogP contribution is 2.27. The summed E-state index contributed by atoms with van der Waals surface area (Å²) in [6, 6.07) is 5.32. The molecule has 0 saturated heterocycles. The molecule has 0 aliphatic rings. The van der Waals surface area contributed by atoms with Crippen LogP contribution in [0, 0.1) is 17.5 Å². The van der Waals surface area contributed by atoms with Gasteiger partial charge in [-0.1, -0.05) is 23.7 Å². The molecule has 152 valence electrons. The SMILES string of the molecule is C[C@@H](c1c[nH]c(=O)c2c(F)c(F)ccc12)N(C)C(=O)NCc1ccc(F)c(Cl)c1. The standard InChI is InChI=1S/C20H17ClF3N3O2/c1-10(13-9-25-19(28)17-12(13)4-6-16(23)18(17)24)27(2)20(29)26-8-11-3-5-15(22)14(21)7-11/h3-7,9-10H,8H2,1-2H3,(H,25,28)(H,26,29)/t10-/m0/s1. The third-order valence-electron chi connectivity index (χ3n) is 4.77. The number of H-pyrrole nitrogens is 1. The maximum Gasteiger partial charge on any atom is 0.317 e. The molecule has 0 fully saturated rings. The van der Waals surface area contributed by atoms with E-state index in [1.807, 2.05) is 0 Å². The van der Waals surface area contributed by atoms with Crippen molar-refractivity contribution in [2.75, 3.05) is 7.05 Å². The van der Waals surface area contributed by atoms with Crippen LogP contribution in [0.15, 0.2) is 41.3 Å². The number of amides is 2. The minimum atomic E-state index is -1.24. The Morgan fingerprint density at radius 3 is 2.59 bits per heavy atom. The Hall–Kier alpha value is -3.00. The summed E-state index contributed by atoms with van der Waals surface area (Å²) in [5.74, 6) is -2.92. The lowest BCUT2D eigenvalue weighted by Crippen LogP contribution is -2.38. The summed E-state index contributed by atoms with van der Waals surface area (Å²) in [4.78, 5) is 28.2. The van der Waals surface area contributed by atoms with Crippen molar-refractivity contribution in [3.8, 4) is 0 Å². The predicted molar refractivity (Wildman–Crippen MR) is 104 cm³/mol. The second-order valence-electron chi connectivity index (χ2n) is 6.55. The highest BCUT2D eigenvalue weighted by atomic mass is 35.5. The van der Waals surface area contributed by atoms with Crippen LogP contribution in [-0.4, -0.2) is 23.0 Å². The average molecular weight is 424 g/mol. The number of nitrogens with zero attached hydrogens (tertiary/aromatic N) is 1. The number of rotatable bonds is 4. The molecule has 1 aromatic heterocycles. The number of hydrogen-bond acceptors (Lipinski definition) is 2. The highest BCUT2D eigenvalue weighted by Gasteiger charge is 2.22. The molecule has 0 bridgehead atoms. The number of hydrogen-bond donors (Lipinski definition) is 2. The number of pyridine rings is 1. The molecule has 9 heteroatoms. The van der Waals surface area contributed by atoms with E-state index in [0.29, 0.717) is 11.1 Å². The van der Waals surface area contributed by atoms with E-state index in [-0.39, 0.29) is 17.0 Å². The summed E-state index contributed by atoms with van der Waals surface area (Å²) in [5.41, 5.74) is 0.298. The summed E-state index contributed by atoms with van der Waals surface area (Å²) in [6.07, 6.45) is 1.37. The van der Waals surface area contributed by atoms with Crippen LogP contribution in [0.5, 0.6) is 0 Å². The first-order valence-electron chi connectivity index (χ1n) is 8.64. The van der Waals surface area contributed by atoms with Crippen LogP contribution in [-0.2, 0) is 6.54 Å². The smallest absolute Gasteiger partial charge is 0.317 e. The molecule has 2 N–H and O–H groups in total. The van der Waals surface area contributed by atoms with Crippen molar-refractivity contribution < 1.29 is 18.0 Å². The number of urea groups is 1. The van der Waals surface area contributed by atoms with Gasteiger partial charge in [-0.2, -0.15) is 0 Å². The molecule has 0 aliphatic heterocycles. The minimum Gasteiger partial charge on any atom is -0.334 e. The van der Waals surface area contributed by atoms with E-state index < -0.39 is 40.5 Å². The first-order chi connectivity index (χ1) is 13.7. The molecule has 29 heavy (non-hydrogen) atoms. The maximum absolute atomic E-state index is 14.1. The van der Waals surface area contributed by atoms with Crippen LogP contribution in [0.2, 0.25) is 5.02 Å². The summed E-state index contributed by atoms with van der Waals surface area (Å²) in [7, 11) is 1.52. The zero-order valence-electron chi connectivity index (χ0n) is 15.5. The molecule has 3 aromatic rings. The molecule has 3 rings (SSSR count). The van der Waals surface area contributed by atoms with Crippen LogP contribution in [0.4, 0.5) is 18.0 Å². The first kappa shape index (κ1) is 20.7. The zero-order valence-corrected chi connectivity index (χ0v) is 16.3. The van der Waals surface area contributed by atoms with Crippen molar-refractivity contribution in [3.05, 3.63) is 80.5 Å². The second kappa shape index (κ2) is 8.16. The Bertz CT molecular complexity index is 1150. The number of halogens is 4. The summed E-state index contributed by atoms with van der Waals surface area (Å²) in [6.45, 7) is 1.80. The number of benzene rings is 2. The molecule has 0 saturated carbocycles. The van der Waals surface area contributed by atoms with Gasteiger partial charge < -0.3 is 15.2 Å². The van der Waals surface area contributed by atoms with Crippen LogP contribution < -0.4 is 10.9 Å². The molecule has 0 spiro atoms. The van der Waals surface area contributed by atoms with E-state index in [0.717, 1.165) is 6.07 Å². The molecule has 5 nitrogen and oxygen atoms in total. The van der Waals surface area contributed by atoms with Crippen molar-refractivity contribution in [2.45, 2.75) is 19.5 Å². The van der Waals surface area contributed by atoms with E-state index >= 15 is 0 Å². The Morgan fingerprint density at radius 2 is 1.90 bits per heavy atom. The second-order valence-corrected chi connectivity index (χ2v) is 6.96. The van der Waals surface area contributed by atoms with Gasteiger partial charge in [0.25, 0.3) is 5.56 Å². The normalized spacial score (nSPS) is 12.1. The summed E-state index contributed by atoms with van der Waals surface area (Å²) >= 11 is 5.73. The van der Waals surface area contributed by atoms with Crippen LogP contribution in [0.1, 0.15) is 24.1 Å². The summed E-state index contributed by atoms with van der Waals surface area (Å²) < 4.78 is 40.9. The Morgan fingerprint density at radius 1 is 1.21 bits per heavy atom. The molecular formula is C20H17ClF3N3O2. The number of aromatic nitrogens is 1. The number of nitrogens with one attached hydrogen (secondary N) is 2. The van der Waals surface area contributed by atoms with Gasteiger partial charge in [0.15, 0.2) is 11.6 Å². The number of carbonyl (C=O) groups is 1. The van der Waals surface area contributed by atoms with Crippen molar-refractivity contribution in [2.24, 2.45) is 0 Å². The monoisotopic (exact) mass is 423 g/mol. The fraction of sp³-hybridized carbons (Fsp3) is 0.200. The molecular weight excluding hydrogens is 407 g/mol. The van der Waals surface area contributed by atoms with E-state index in [4.69, 9.17) is 11.6 Å². The zero-order chi connectivity index (χ0) is 21.3. The lowest BCUT2D eigenvalue weighted by atomic mass is 10.0. The maximum atomic E-state index is 14.1. The lowest BCUT2D eigenvalue weighted by molar-refractivity contribution is 0.194. The van der Waals surface area contributed by atoms with Gasteiger partial charge in [0.1, 0.15) is 5.82 Å². The van der Waals surface area contributed by atoms with Gasteiger partial charge in [0, 0.05) is 19.8 Å². The lowest BCUT2D eigenvalue weighted by Gasteiger charge is -2.26. The molecule has 1 heterocycles. The fourth-order valence-corrected chi connectivity index (χ4v) is 3.19. The van der Waals surface area contributed by atoms with Gasteiger partial charge in [-0.15, -0.1) is 0 Å². The third-order valence-corrected chi connectivity index (χ3v) is 5.06. The van der Waals surface area contributed by atoms with Crippen LogP contribution in [0.3, 0.4) is 0 Å². The molecule has 2 amide bonds. The Balaban J connectivity index is 1.82. The minimum absolute atomic E-state index is 0.0487. The van der Waals surface area contributed by atoms with E-state index in [9.17, 15) is 22.8 Å². The molecule has 0 aliphatic carbocycles. The quantitative estimate of drug-likeness (QED) is 0.649. The van der Waals surface area contributed by atoms with Crippen molar-refractivity contribution in [3.63, 3.8) is 0 Å². The van der Waals surface area contributed by atoms with Crippen molar-refractivity contribution >= 4 is 28.4 Å². The first-order valence-corrected chi connectivity index (χ1v) is 9.02. The van der Waals surface area contributed by atoms with Crippen molar-refractivity contribution in [1.29, 1.82) is 0 Å². The summed E-state index contributed by atoms with van der Waals surface area (Å²) in [5, 5.41) is 2.44. The van der Waals surface area contributed by atoms with E-state index in [1.165, 1.54) is 42.4 Å². The largest absolute Gasteiger partial charge is 0.334 e. The van der Waals surface area contributed by atoms with Gasteiger partial charge in [-0.25, -0.2) is 18.0 Å². The van der Waals surface area contributed by atoms with Gasteiger partial charge >= 0.3 is 6.03 Å². The number of fused-ring (bicyclic) bond motifs is 1. The van der Waals surface area contributed by atoms with Gasteiger partial charge in [-0.3, -0.25) is 4.79 Å². The molecule has 0 unspecified atom stereocenters. The number of aromatic amines is 1. The van der Waals surface area contributed by atoms with Crippen molar-refractivity contribution in [1.82, 2.24) is 15.2 Å². The number of carbonyl (C=O) groups excluding carboxylic acids is 1. The van der Waals surface area contributed by atoms with Gasteiger partial charge in [-0.05, 0) is 41.6 Å². The molecule has 0 radical (unpaired) electrons. The Labute approximate surface area is 169 Å². The third kappa shape index (κ3) is 4.07. The molecule has 2 aromatic carbocycles. The topological polar surface area (TPSA) is 65.2 Å². The van der Waals surface area contributed by atoms with Gasteiger partial charge in [0.2, 0.25) is 0 Å². The van der Waals surface area contributed by atoms with E-state index in [1.54, 1.807) is 6.92 Å². The average Bonchev–Trinajstić information content (AvgIpc) is 2.70. The Kier molecular flexibility index (Phi) is 5.83. The van der Waals surface area contributed by atoms with Gasteiger partial charge in [0.05, 0.1) is 16.5 Å². The van der Waals surface area contributed by atoms with E-state index in [2.05, 4.69) is 10.3 Å². The van der Waals surface area contributed by atoms with Crippen LogP contribution in [0.25, 0.3) is 10.8 Å². The highest BCUT2D eigenvalue weighted by molar-refractivity contribution is 6.30. The van der Waals surface area contributed by atoms with Crippen LogP contribution >= 0.6 is 11.6 Å². The molecule has 1 atom stereocenters. The fourth-order valence-electron chi connectivity index (χ4n) is 2.99. The predicted octanol–water partition coefficient (Wildman–Crippen LogP) is 4.50.